The average molecular weight is 436 g/mol. The van der Waals surface area contributed by atoms with Gasteiger partial charge in [-0.25, -0.2) is 0 Å². The van der Waals surface area contributed by atoms with E-state index in [0.717, 1.165) is 19.4 Å². The van der Waals surface area contributed by atoms with Crippen molar-refractivity contribution in [3.05, 3.63) is 0 Å². The molecule has 1 saturated heterocycles. The minimum absolute atomic E-state index is 0.0231. The molecular formula is C16H32N6O8. The summed E-state index contributed by atoms with van der Waals surface area (Å²) in [5.41, 5.74) is 15.2. The molecule has 1 aliphatic rings. The summed E-state index contributed by atoms with van der Waals surface area (Å²) >= 11 is 0. The van der Waals surface area contributed by atoms with Crippen molar-refractivity contribution in [2.75, 3.05) is 13.1 Å². The summed E-state index contributed by atoms with van der Waals surface area (Å²) in [6.45, 7) is 1.34. The molecule has 30 heavy (non-hydrogen) atoms. The lowest BCUT2D eigenvalue weighted by atomic mass is 10.2. The molecule has 0 amide bonds. The smallest absolute Gasteiger partial charge is 0.320 e. The molecule has 14 heteroatoms. The zero-order valence-electron chi connectivity index (χ0n) is 16.5. The Balaban J connectivity index is 0. The van der Waals surface area contributed by atoms with E-state index >= 15 is 0 Å². The highest BCUT2D eigenvalue weighted by atomic mass is 16.4. The van der Waals surface area contributed by atoms with Gasteiger partial charge in [0.05, 0.1) is 0 Å². The third kappa shape index (κ3) is 18.4. The second-order valence-corrected chi connectivity index (χ2v) is 6.29. The van der Waals surface area contributed by atoms with E-state index < -0.39 is 36.0 Å². The molecule has 3 atom stereocenters. The van der Waals surface area contributed by atoms with Crippen LogP contribution >= 0.6 is 0 Å². The highest BCUT2D eigenvalue weighted by Crippen LogP contribution is 2.03. The van der Waals surface area contributed by atoms with E-state index in [1.165, 1.54) is 0 Å². The number of guanidine groups is 1. The number of carbonyl (C=O) groups is 4. The van der Waals surface area contributed by atoms with Crippen molar-refractivity contribution in [3.8, 4) is 0 Å². The van der Waals surface area contributed by atoms with Gasteiger partial charge in [-0.1, -0.05) is 0 Å². The van der Waals surface area contributed by atoms with Crippen LogP contribution in [0, 0.1) is 5.41 Å². The first-order valence-corrected chi connectivity index (χ1v) is 9.11. The van der Waals surface area contributed by atoms with Crippen molar-refractivity contribution in [3.63, 3.8) is 0 Å². The van der Waals surface area contributed by atoms with Gasteiger partial charge in [0.2, 0.25) is 0 Å². The van der Waals surface area contributed by atoms with E-state index in [4.69, 9.17) is 43.0 Å². The molecule has 0 bridgehead atoms. The van der Waals surface area contributed by atoms with Crippen molar-refractivity contribution >= 4 is 29.8 Å². The number of hydrogen-bond acceptors (Lipinski definition) is 8. The van der Waals surface area contributed by atoms with Gasteiger partial charge in [0.25, 0.3) is 0 Å². The van der Waals surface area contributed by atoms with Crippen LogP contribution in [0.25, 0.3) is 0 Å². The molecule has 0 aromatic heterocycles. The van der Waals surface area contributed by atoms with E-state index in [-0.39, 0.29) is 24.8 Å². The van der Waals surface area contributed by atoms with Crippen LogP contribution in [0.5, 0.6) is 0 Å². The Morgan fingerprint density at radius 2 is 1.57 bits per heavy atom. The van der Waals surface area contributed by atoms with Gasteiger partial charge in [-0.05, 0) is 38.6 Å². The van der Waals surface area contributed by atoms with Crippen LogP contribution in [0.3, 0.4) is 0 Å². The molecule has 0 aliphatic carbocycles. The van der Waals surface area contributed by atoms with Gasteiger partial charge >= 0.3 is 23.9 Å². The Morgan fingerprint density at radius 3 is 1.90 bits per heavy atom. The number of aliphatic carboxylic acids is 4. The van der Waals surface area contributed by atoms with Gasteiger partial charge in [-0.2, -0.15) is 0 Å². The van der Waals surface area contributed by atoms with E-state index in [0.29, 0.717) is 19.4 Å². The van der Waals surface area contributed by atoms with Gasteiger partial charge in [0, 0.05) is 13.0 Å². The molecule has 1 aliphatic heterocycles. The lowest BCUT2D eigenvalue weighted by molar-refractivity contribution is -0.141. The molecule has 1 fully saturated rings. The molecule has 0 radical (unpaired) electrons. The molecule has 2 unspecified atom stereocenters. The molecule has 174 valence electrons. The maximum absolute atomic E-state index is 10.2. The Labute approximate surface area is 173 Å². The summed E-state index contributed by atoms with van der Waals surface area (Å²) in [6.07, 6.45) is 2.53. The minimum Gasteiger partial charge on any atom is -0.481 e. The van der Waals surface area contributed by atoms with Crippen molar-refractivity contribution in [2.45, 2.75) is 56.7 Å². The molecule has 0 aromatic carbocycles. The second kappa shape index (κ2) is 16.9. The van der Waals surface area contributed by atoms with Gasteiger partial charge in [0.15, 0.2) is 5.96 Å². The van der Waals surface area contributed by atoms with Gasteiger partial charge in [-0.3, -0.25) is 24.6 Å². The highest BCUT2D eigenvalue weighted by molar-refractivity contribution is 5.75. The number of nitrogens with two attached hydrogens (primary N) is 3. The third-order valence-electron chi connectivity index (χ3n) is 3.67. The lowest BCUT2D eigenvalue weighted by Gasteiger charge is -2.06. The SMILES string of the molecule is N=C(N)NCCCC(N)C(=O)O.NC(CCC(=O)O)C(=O)O.O=C(O)[C@@H]1CCCN1. The Hall–Kier alpha value is -2.97. The zero-order chi connectivity index (χ0) is 23.7. The van der Waals surface area contributed by atoms with Crippen LogP contribution in [0.1, 0.15) is 38.5 Å². The molecule has 0 saturated carbocycles. The lowest BCUT2D eigenvalue weighted by Crippen LogP contribution is -2.34. The maximum Gasteiger partial charge on any atom is 0.320 e. The topological polar surface area (TPSA) is 275 Å². The fraction of sp³-hybridized carbons (Fsp3) is 0.688. The van der Waals surface area contributed by atoms with Crippen molar-refractivity contribution in [1.82, 2.24) is 10.6 Å². The largest absolute Gasteiger partial charge is 0.481 e. The number of hydrogen-bond donors (Lipinski definition) is 10. The standard InChI is InChI=1S/C6H14N4O2.C5H9NO4.C5H9NO2/c7-4(5(11)12)2-1-3-10-6(8)9;6-3(5(9)10)1-2-4(7)8;7-5(8)4-2-1-3-6-4/h4H,1-3,7H2,(H,11,12)(H4,8,9,10);3H,1-2,6H2,(H,7,8)(H,9,10);4,6H,1-3H2,(H,7,8)/t;;4-/m..0/s1. The number of rotatable bonds is 10. The predicted octanol–water partition coefficient (Wildman–Crippen LogP) is -2.25. The van der Waals surface area contributed by atoms with Crippen molar-refractivity contribution in [2.24, 2.45) is 17.2 Å². The first kappa shape index (κ1) is 29.2. The zero-order valence-corrected chi connectivity index (χ0v) is 16.5. The van der Waals surface area contributed by atoms with E-state index in [9.17, 15) is 19.2 Å². The molecular weight excluding hydrogens is 404 g/mol. The third-order valence-corrected chi connectivity index (χ3v) is 3.67. The molecule has 1 heterocycles. The molecule has 0 aromatic rings. The van der Waals surface area contributed by atoms with E-state index in [1.54, 1.807) is 0 Å². The molecule has 0 spiro atoms. The van der Waals surface area contributed by atoms with E-state index in [1.807, 2.05) is 0 Å². The Bertz CT molecular complexity index is 568. The fourth-order valence-corrected chi connectivity index (χ4v) is 1.97. The molecule has 14 nitrogen and oxygen atoms in total. The van der Waals surface area contributed by atoms with Gasteiger partial charge in [0.1, 0.15) is 18.1 Å². The summed E-state index contributed by atoms with van der Waals surface area (Å²) in [6, 6.07) is -2.15. The van der Waals surface area contributed by atoms with Crippen LogP contribution in [0.15, 0.2) is 0 Å². The average Bonchev–Trinajstić information content (AvgIpc) is 3.18. The Kier molecular flexibility index (Phi) is 16.5. The highest BCUT2D eigenvalue weighted by Gasteiger charge is 2.20. The quantitative estimate of drug-likeness (QED) is 0.0984. The second-order valence-electron chi connectivity index (χ2n) is 6.29. The van der Waals surface area contributed by atoms with Gasteiger partial charge in [-0.15, -0.1) is 0 Å². The summed E-state index contributed by atoms with van der Waals surface area (Å²) in [7, 11) is 0. The summed E-state index contributed by atoms with van der Waals surface area (Å²) in [5.74, 6) is -4.03. The molecule has 13 N–H and O–H groups in total. The normalized spacial score (nSPS) is 16.5. The number of carboxylic acid groups (broad SMARTS) is 4. The van der Waals surface area contributed by atoms with Crippen LogP contribution in [0.2, 0.25) is 0 Å². The fourth-order valence-electron chi connectivity index (χ4n) is 1.97. The van der Waals surface area contributed by atoms with Crippen LogP contribution in [0.4, 0.5) is 0 Å². The minimum atomic E-state index is -1.17. The van der Waals surface area contributed by atoms with Gasteiger partial charge < -0.3 is 48.3 Å². The maximum atomic E-state index is 10.2. The van der Waals surface area contributed by atoms with Crippen molar-refractivity contribution in [1.29, 1.82) is 5.41 Å². The predicted molar refractivity (Wildman–Crippen MR) is 106 cm³/mol. The monoisotopic (exact) mass is 436 g/mol. The summed E-state index contributed by atoms with van der Waals surface area (Å²) in [5, 5.41) is 45.2. The number of carboxylic acids is 4. The summed E-state index contributed by atoms with van der Waals surface area (Å²) < 4.78 is 0. The van der Waals surface area contributed by atoms with Crippen molar-refractivity contribution < 1.29 is 39.6 Å². The summed E-state index contributed by atoms with van der Waals surface area (Å²) in [4.78, 5) is 40.2. The van der Waals surface area contributed by atoms with Crippen LogP contribution < -0.4 is 27.8 Å². The van der Waals surface area contributed by atoms with Crippen LogP contribution in [-0.4, -0.2) is 81.5 Å². The Morgan fingerprint density at radius 1 is 1.03 bits per heavy atom. The number of nitrogens with one attached hydrogen (secondary N) is 3. The molecule has 1 rings (SSSR count). The van der Waals surface area contributed by atoms with E-state index in [2.05, 4.69) is 10.6 Å². The first-order valence-electron chi connectivity index (χ1n) is 9.11. The van der Waals surface area contributed by atoms with Crippen LogP contribution in [-0.2, 0) is 19.2 Å². The first-order chi connectivity index (χ1) is 13.9.